The van der Waals surface area contributed by atoms with Crippen molar-refractivity contribution in [3.05, 3.63) is 29.8 Å². The lowest BCUT2D eigenvalue weighted by Gasteiger charge is -2.25. The van der Waals surface area contributed by atoms with E-state index in [1.165, 1.54) is 0 Å². The van der Waals surface area contributed by atoms with Gasteiger partial charge in [0, 0.05) is 12.2 Å². The van der Waals surface area contributed by atoms with Gasteiger partial charge in [0.1, 0.15) is 0 Å². The molecule has 1 aromatic carbocycles. The van der Waals surface area contributed by atoms with Crippen molar-refractivity contribution in [2.75, 3.05) is 18.4 Å². The zero-order valence-electron chi connectivity index (χ0n) is 12.1. The predicted molar refractivity (Wildman–Crippen MR) is 82.1 cm³/mol. The van der Waals surface area contributed by atoms with E-state index in [-0.39, 0.29) is 17.1 Å². The van der Waals surface area contributed by atoms with Gasteiger partial charge in [-0.2, -0.15) is 0 Å². The molecular weight excluding hydrogens is 290 g/mol. The fraction of sp³-hybridized carbons (Fsp3) is 0.500. The van der Waals surface area contributed by atoms with Gasteiger partial charge in [-0.05, 0) is 37.1 Å². The van der Waals surface area contributed by atoms with Crippen molar-refractivity contribution >= 4 is 21.6 Å². The summed E-state index contributed by atoms with van der Waals surface area (Å²) in [6.45, 7) is 3.56. The minimum Gasteiger partial charge on any atom is -0.326 e. The molecule has 1 aliphatic rings. The molecule has 0 saturated carbocycles. The molecule has 1 unspecified atom stereocenters. The van der Waals surface area contributed by atoms with E-state index < -0.39 is 10.0 Å². The van der Waals surface area contributed by atoms with Crippen molar-refractivity contribution in [2.45, 2.75) is 25.5 Å². The number of nitrogens with one attached hydrogen (secondary N) is 2. The second kappa shape index (κ2) is 6.13. The van der Waals surface area contributed by atoms with E-state index in [4.69, 9.17) is 5.14 Å². The van der Waals surface area contributed by atoms with Crippen molar-refractivity contribution < 1.29 is 13.2 Å². The number of carbonyl (C=O) groups excluding carboxylic acids is 1. The van der Waals surface area contributed by atoms with Crippen LogP contribution in [0.15, 0.2) is 24.3 Å². The highest BCUT2D eigenvalue weighted by Crippen LogP contribution is 2.31. The molecule has 1 heterocycles. The lowest BCUT2D eigenvalue weighted by Crippen LogP contribution is -2.37. The van der Waals surface area contributed by atoms with Crippen molar-refractivity contribution in [3.8, 4) is 0 Å². The van der Waals surface area contributed by atoms with Gasteiger partial charge in [0.05, 0.1) is 11.2 Å². The molecule has 0 bridgehead atoms. The molecule has 2 rings (SSSR count). The SMILES string of the molecule is CCC1(C(=O)Nc2ccc(CS(N)(=O)=O)cc2)CCNC1. The summed E-state index contributed by atoms with van der Waals surface area (Å²) in [7, 11) is -3.54. The Bertz CT molecular complexity index is 605. The standard InChI is InChI=1S/C14H21N3O3S/c1-2-14(7-8-16-10-14)13(18)17-12-5-3-11(4-6-12)9-21(15,19)20/h3-6,16H,2,7-10H2,1H3,(H,17,18)(H2,15,19,20). The van der Waals surface area contributed by atoms with Crippen molar-refractivity contribution in [2.24, 2.45) is 10.6 Å². The van der Waals surface area contributed by atoms with Crippen LogP contribution in [-0.4, -0.2) is 27.4 Å². The molecule has 0 aliphatic carbocycles. The van der Waals surface area contributed by atoms with Gasteiger partial charge in [-0.3, -0.25) is 4.79 Å². The summed E-state index contributed by atoms with van der Waals surface area (Å²) in [5.74, 6) is -0.196. The van der Waals surface area contributed by atoms with E-state index in [1.807, 2.05) is 6.92 Å². The minimum absolute atomic E-state index is 0.00852. The summed E-state index contributed by atoms with van der Waals surface area (Å²) < 4.78 is 22.0. The molecule has 1 amide bonds. The first-order valence-corrected chi connectivity index (χ1v) is 8.68. The molecule has 116 valence electrons. The number of sulfonamides is 1. The van der Waals surface area contributed by atoms with E-state index in [0.29, 0.717) is 17.8 Å². The van der Waals surface area contributed by atoms with Crippen molar-refractivity contribution in [1.29, 1.82) is 0 Å². The van der Waals surface area contributed by atoms with Gasteiger partial charge in [0.15, 0.2) is 0 Å². The van der Waals surface area contributed by atoms with Crippen LogP contribution in [0.25, 0.3) is 0 Å². The molecular formula is C14H21N3O3S. The van der Waals surface area contributed by atoms with E-state index in [0.717, 1.165) is 19.4 Å². The Morgan fingerprint density at radius 1 is 1.38 bits per heavy atom. The molecule has 0 aromatic heterocycles. The van der Waals surface area contributed by atoms with Crippen LogP contribution in [0.1, 0.15) is 25.3 Å². The Morgan fingerprint density at radius 2 is 2.05 bits per heavy atom. The van der Waals surface area contributed by atoms with Crippen LogP contribution in [0.3, 0.4) is 0 Å². The first-order chi connectivity index (χ1) is 9.85. The number of benzene rings is 1. The molecule has 6 nitrogen and oxygen atoms in total. The van der Waals surface area contributed by atoms with Crippen LogP contribution in [0, 0.1) is 5.41 Å². The number of anilines is 1. The summed E-state index contributed by atoms with van der Waals surface area (Å²) in [4.78, 5) is 12.4. The van der Waals surface area contributed by atoms with Gasteiger partial charge >= 0.3 is 0 Å². The van der Waals surface area contributed by atoms with E-state index in [2.05, 4.69) is 10.6 Å². The van der Waals surface area contributed by atoms with Gasteiger partial charge in [-0.25, -0.2) is 13.6 Å². The van der Waals surface area contributed by atoms with Crippen LogP contribution >= 0.6 is 0 Å². The highest BCUT2D eigenvalue weighted by molar-refractivity contribution is 7.88. The maximum Gasteiger partial charge on any atom is 0.231 e. The normalized spacial score (nSPS) is 22.2. The molecule has 1 aliphatic heterocycles. The third kappa shape index (κ3) is 4.03. The highest BCUT2D eigenvalue weighted by atomic mass is 32.2. The molecule has 0 radical (unpaired) electrons. The fourth-order valence-electron chi connectivity index (χ4n) is 2.58. The molecule has 21 heavy (non-hydrogen) atoms. The maximum absolute atomic E-state index is 12.4. The summed E-state index contributed by atoms with van der Waals surface area (Å²) in [6, 6.07) is 6.71. The zero-order valence-corrected chi connectivity index (χ0v) is 12.9. The van der Waals surface area contributed by atoms with Crippen molar-refractivity contribution in [1.82, 2.24) is 5.32 Å². The molecule has 4 N–H and O–H groups in total. The third-order valence-electron chi connectivity index (χ3n) is 3.98. The maximum atomic E-state index is 12.4. The topological polar surface area (TPSA) is 101 Å². The number of hydrogen-bond donors (Lipinski definition) is 3. The third-order valence-corrected chi connectivity index (χ3v) is 4.72. The monoisotopic (exact) mass is 311 g/mol. The van der Waals surface area contributed by atoms with Gasteiger partial charge in [-0.1, -0.05) is 19.1 Å². The second-order valence-corrected chi connectivity index (χ2v) is 7.13. The Labute approximate surface area is 125 Å². The number of nitrogens with two attached hydrogens (primary N) is 1. The Balaban J connectivity index is 2.05. The highest BCUT2D eigenvalue weighted by Gasteiger charge is 2.39. The summed E-state index contributed by atoms with van der Waals surface area (Å²) >= 11 is 0. The second-order valence-electron chi connectivity index (χ2n) is 5.52. The van der Waals surface area contributed by atoms with E-state index in [1.54, 1.807) is 24.3 Å². The van der Waals surface area contributed by atoms with Crippen LogP contribution < -0.4 is 15.8 Å². The number of carbonyl (C=O) groups is 1. The Kier molecular flexibility index (Phi) is 4.65. The van der Waals surface area contributed by atoms with Gasteiger partial charge in [0.2, 0.25) is 15.9 Å². The summed E-state index contributed by atoms with van der Waals surface area (Å²) in [5.41, 5.74) is 0.917. The van der Waals surface area contributed by atoms with Gasteiger partial charge in [-0.15, -0.1) is 0 Å². The van der Waals surface area contributed by atoms with Crippen LogP contribution in [0.2, 0.25) is 0 Å². The summed E-state index contributed by atoms with van der Waals surface area (Å²) in [5, 5.41) is 11.1. The fourth-order valence-corrected chi connectivity index (χ4v) is 3.24. The molecule has 1 aromatic rings. The molecule has 0 spiro atoms. The van der Waals surface area contributed by atoms with Crippen LogP contribution in [0.4, 0.5) is 5.69 Å². The lowest BCUT2D eigenvalue weighted by molar-refractivity contribution is -0.124. The zero-order chi connectivity index (χ0) is 15.5. The first-order valence-electron chi connectivity index (χ1n) is 6.96. The van der Waals surface area contributed by atoms with Gasteiger partial charge in [0.25, 0.3) is 0 Å². The molecule has 1 saturated heterocycles. The van der Waals surface area contributed by atoms with Crippen LogP contribution in [-0.2, 0) is 20.6 Å². The quantitative estimate of drug-likeness (QED) is 0.748. The van der Waals surface area contributed by atoms with Crippen molar-refractivity contribution in [3.63, 3.8) is 0 Å². The molecule has 1 atom stereocenters. The Hall–Kier alpha value is -1.44. The average Bonchev–Trinajstić information content (AvgIpc) is 2.89. The number of hydrogen-bond acceptors (Lipinski definition) is 4. The van der Waals surface area contributed by atoms with E-state index >= 15 is 0 Å². The number of amides is 1. The minimum atomic E-state index is -3.54. The number of rotatable bonds is 5. The van der Waals surface area contributed by atoms with Gasteiger partial charge < -0.3 is 10.6 Å². The Morgan fingerprint density at radius 3 is 2.52 bits per heavy atom. The average molecular weight is 311 g/mol. The number of primary sulfonamides is 1. The largest absolute Gasteiger partial charge is 0.326 e. The first kappa shape index (κ1) is 15.9. The summed E-state index contributed by atoms with van der Waals surface area (Å²) in [6.07, 6.45) is 1.62. The molecule has 7 heteroatoms. The van der Waals surface area contributed by atoms with E-state index in [9.17, 15) is 13.2 Å². The smallest absolute Gasteiger partial charge is 0.231 e. The lowest BCUT2D eigenvalue weighted by atomic mass is 9.83. The predicted octanol–water partition coefficient (Wildman–Crippen LogP) is 0.803. The van der Waals surface area contributed by atoms with Crippen LogP contribution in [0.5, 0.6) is 0 Å². The molecule has 1 fully saturated rings.